The number of allylic oxidation sites excluding steroid dienone is 1. The molecule has 1 heterocycles. The van der Waals surface area contributed by atoms with Gasteiger partial charge in [-0.3, -0.25) is 9.59 Å². The van der Waals surface area contributed by atoms with Crippen LogP contribution in [0.15, 0.2) is 46.8 Å². The fourth-order valence-corrected chi connectivity index (χ4v) is 2.44. The molecule has 0 amide bonds. The molecule has 130 valence electrons. The van der Waals surface area contributed by atoms with Gasteiger partial charge in [0, 0.05) is 12.6 Å². The molecule has 1 aliphatic rings. The maximum absolute atomic E-state index is 12.1. The Morgan fingerprint density at radius 1 is 1.28 bits per heavy atom. The summed E-state index contributed by atoms with van der Waals surface area (Å²) in [6.07, 6.45) is 1.96. The molecule has 7 nitrogen and oxygen atoms in total. The number of ketones is 1. The minimum absolute atomic E-state index is 0.0684. The Hall–Kier alpha value is -3.05. The van der Waals surface area contributed by atoms with Gasteiger partial charge in [-0.05, 0) is 32.4 Å². The third-order valence-electron chi connectivity index (χ3n) is 3.58. The first kappa shape index (κ1) is 18.3. The fourth-order valence-electron chi connectivity index (χ4n) is 2.44. The quantitative estimate of drug-likeness (QED) is 0.432. The van der Waals surface area contributed by atoms with Gasteiger partial charge in [0.15, 0.2) is 11.4 Å². The smallest absolute Gasteiger partial charge is 0.316 e. The van der Waals surface area contributed by atoms with Crippen LogP contribution in [0.5, 0.6) is 5.75 Å². The van der Waals surface area contributed by atoms with Crippen LogP contribution in [-0.4, -0.2) is 35.1 Å². The lowest BCUT2D eigenvalue weighted by Gasteiger charge is -2.16. The first-order chi connectivity index (χ1) is 12.1. The number of nitrogens with zero attached hydrogens (tertiary/aromatic N) is 3. The summed E-state index contributed by atoms with van der Waals surface area (Å²) in [4.78, 5) is 31.0. The van der Waals surface area contributed by atoms with Crippen molar-refractivity contribution in [3.05, 3.63) is 47.3 Å². The lowest BCUT2D eigenvalue weighted by molar-refractivity contribution is -0.143. The summed E-state index contributed by atoms with van der Waals surface area (Å²) in [5, 5.41) is 0. The number of aliphatic imine (C=N–C) groups is 1. The standard InChI is InChI=1S/C18H19N3O4/c1-3-24-15(23)10-9-13-11-20-18(16(12(2)22)17(13)21-19)25-14-7-5-4-6-8-14/h4-8,11,13H,3,9-10H2,1-2H3. The van der Waals surface area contributed by atoms with E-state index in [2.05, 4.69) is 9.78 Å². The highest BCUT2D eigenvalue weighted by molar-refractivity contribution is 6.24. The summed E-state index contributed by atoms with van der Waals surface area (Å²) in [7, 11) is 0. The van der Waals surface area contributed by atoms with E-state index in [-0.39, 0.29) is 35.3 Å². The minimum Gasteiger partial charge on any atom is -0.466 e. The van der Waals surface area contributed by atoms with Gasteiger partial charge in [-0.2, -0.15) is 4.79 Å². The fraction of sp³-hybridized carbons (Fsp3) is 0.333. The molecule has 0 spiro atoms. The Morgan fingerprint density at radius 2 is 2.00 bits per heavy atom. The predicted octanol–water partition coefficient (Wildman–Crippen LogP) is 2.58. The van der Waals surface area contributed by atoms with Crippen molar-refractivity contribution in [3.63, 3.8) is 0 Å². The van der Waals surface area contributed by atoms with E-state index in [4.69, 9.17) is 9.47 Å². The highest BCUT2D eigenvalue weighted by Crippen LogP contribution is 2.24. The van der Waals surface area contributed by atoms with Crippen molar-refractivity contribution in [2.45, 2.75) is 26.7 Å². The van der Waals surface area contributed by atoms with E-state index in [9.17, 15) is 15.1 Å². The van der Waals surface area contributed by atoms with Gasteiger partial charge < -0.3 is 15.0 Å². The van der Waals surface area contributed by atoms with Crippen LogP contribution < -0.4 is 4.74 Å². The van der Waals surface area contributed by atoms with Crippen LogP contribution in [-0.2, 0) is 14.3 Å². The van der Waals surface area contributed by atoms with E-state index < -0.39 is 5.92 Å². The lowest BCUT2D eigenvalue weighted by atomic mass is 9.90. The number of hydrogen-bond donors (Lipinski definition) is 0. The first-order valence-corrected chi connectivity index (χ1v) is 7.97. The molecule has 0 radical (unpaired) electrons. The molecule has 1 aromatic carbocycles. The van der Waals surface area contributed by atoms with Crippen LogP contribution in [0.4, 0.5) is 0 Å². The number of carbonyl (C=O) groups is 2. The van der Waals surface area contributed by atoms with Crippen LogP contribution in [0.2, 0.25) is 0 Å². The third-order valence-corrected chi connectivity index (χ3v) is 3.58. The molecule has 0 saturated carbocycles. The topological polar surface area (TPSA) is 101 Å². The van der Waals surface area contributed by atoms with Gasteiger partial charge >= 0.3 is 11.7 Å². The number of para-hydroxylation sites is 1. The van der Waals surface area contributed by atoms with Crippen molar-refractivity contribution in [1.82, 2.24) is 0 Å². The molecule has 0 N–H and O–H groups in total. The second kappa shape index (κ2) is 8.70. The summed E-state index contributed by atoms with van der Waals surface area (Å²) in [6, 6.07) is 8.87. The molecule has 0 aromatic heterocycles. The molecule has 1 aliphatic heterocycles. The summed E-state index contributed by atoms with van der Waals surface area (Å²) in [6.45, 7) is 3.37. The van der Waals surface area contributed by atoms with E-state index in [0.29, 0.717) is 18.8 Å². The Kier molecular flexibility index (Phi) is 6.37. The highest BCUT2D eigenvalue weighted by Gasteiger charge is 2.36. The molecule has 25 heavy (non-hydrogen) atoms. The van der Waals surface area contributed by atoms with Crippen LogP contribution in [0, 0.1) is 5.92 Å². The highest BCUT2D eigenvalue weighted by atomic mass is 16.5. The first-order valence-electron chi connectivity index (χ1n) is 7.97. The van der Waals surface area contributed by atoms with Crippen LogP contribution in [0.3, 0.4) is 0 Å². The van der Waals surface area contributed by atoms with Crippen LogP contribution in [0.1, 0.15) is 26.7 Å². The van der Waals surface area contributed by atoms with Gasteiger partial charge in [0.2, 0.25) is 5.88 Å². The molecule has 0 fully saturated rings. The molecular weight excluding hydrogens is 322 g/mol. The Labute approximate surface area is 145 Å². The number of Topliss-reactive ketones (excluding diaryl/α,β-unsaturated/α-hetero) is 1. The van der Waals surface area contributed by atoms with Crippen molar-refractivity contribution in [1.29, 1.82) is 0 Å². The zero-order valence-electron chi connectivity index (χ0n) is 14.1. The molecule has 1 unspecified atom stereocenters. The number of ether oxygens (including phenoxy) is 2. The lowest BCUT2D eigenvalue weighted by Crippen LogP contribution is -2.29. The Bertz CT molecular complexity index is 762. The maximum Gasteiger partial charge on any atom is 0.316 e. The monoisotopic (exact) mass is 341 g/mol. The Morgan fingerprint density at radius 3 is 2.60 bits per heavy atom. The Balaban J connectivity index is 2.24. The SMILES string of the molecule is CCOC(=O)CCC1C=NC(Oc2ccccc2)=C(C(C)=O)C1=[N+]=[N-]. The van der Waals surface area contributed by atoms with Gasteiger partial charge in [0.1, 0.15) is 5.75 Å². The number of benzene rings is 1. The summed E-state index contributed by atoms with van der Waals surface area (Å²) >= 11 is 0. The molecule has 2 rings (SSSR count). The van der Waals surface area contributed by atoms with Crippen molar-refractivity contribution < 1.29 is 23.9 Å². The van der Waals surface area contributed by atoms with Gasteiger partial charge in [-0.15, -0.1) is 0 Å². The average molecular weight is 341 g/mol. The second-order valence-electron chi connectivity index (χ2n) is 5.37. The van der Waals surface area contributed by atoms with Crippen molar-refractivity contribution in [2.24, 2.45) is 10.9 Å². The van der Waals surface area contributed by atoms with Crippen LogP contribution >= 0.6 is 0 Å². The van der Waals surface area contributed by atoms with Gasteiger partial charge in [0.05, 0.1) is 12.5 Å². The summed E-state index contributed by atoms with van der Waals surface area (Å²) in [5.41, 5.74) is 9.64. The van der Waals surface area contributed by atoms with Gasteiger partial charge in [0.25, 0.3) is 0 Å². The number of hydrogen-bond acceptors (Lipinski definition) is 5. The van der Waals surface area contributed by atoms with Crippen LogP contribution in [0.25, 0.3) is 5.53 Å². The molecule has 0 aliphatic carbocycles. The molecule has 1 atom stereocenters. The van der Waals surface area contributed by atoms with E-state index in [1.807, 2.05) is 6.07 Å². The second-order valence-corrected chi connectivity index (χ2v) is 5.37. The minimum atomic E-state index is -0.476. The molecular formula is C18H19N3O4. The molecule has 1 aromatic rings. The number of carbonyl (C=O) groups excluding carboxylic acids is 2. The molecule has 0 bridgehead atoms. The van der Waals surface area contributed by atoms with E-state index >= 15 is 0 Å². The van der Waals surface area contributed by atoms with E-state index in [0.717, 1.165) is 0 Å². The number of rotatable bonds is 7. The van der Waals surface area contributed by atoms with Crippen molar-refractivity contribution in [2.75, 3.05) is 6.61 Å². The zero-order valence-corrected chi connectivity index (χ0v) is 14.1. The average Bonchev–Trinajstić information content (AvgIpc) is 2.61. The van der Waals surface area contributed by atoms with Crippen molar-refractivity contribution in [3.8, 4) is 5.75 Å². The predicted molar refractivity (Wildman–Crippen MR) is 91.3 cm³/mol. The van der Waals surface area contributed by atoms with Crippen molar-refractivity contribution >= 4 is 23.7 Å². The van der Waals surface area contributed by atoms with E-state index in [1.54, 1.807) is 31.2 Å². The zero-order chi connectivity index (χ0) is 18.2. The summed E-state index contributed by atoms with van der Waals surface area (Å²) in [5.74, 6) is -0.587. The normalized spacial score (nSPS) is 16.4. The van der Waals surface area contributed by atoms with E-state index in [1.165, 1.54) is 13.1 Å². The maximum atomic E-state index is 12.1. The molecule has 0 saturated heterocycles. The molecule has 7 heteroatoms. The largest absolute Gasteiger partial charge is 0.466 e. The number of esters is 1. The summed E-state index contributed by atoms with van der Waals surface area (Å²) < 4.78 is 10.5. The van der Waals surface area contributed by atoms with Gasteiger partial charge in [-0.1, -0.05) is 18.2 Å². The third kappa shape index (κ3) is 4.71. The van der Waals surface area contributed by atoms with Gasteiger partial charge in [-0.25, -0.2) is 4.99 Å².